The maximum absolute atomic E-state index is 8.48. The molecule has 0 atom stereocenters. The standard InChI is InChI=1S/2Nb.5HO3P/c;;5*1-4(2)3/h;;5*(H,1,2,3)/q2*+5;;;;;/p-5. The molecule has 0 aromatic rings. The normalized spacial score (nSPS) is 5.91. The van der Waals surface area contributed by atoms with Crippen molar-refractivity contribution < 1.29 is 117 Å². The molecule has 15 nitrogen and oxygen atoms in total. The third-order valence-corrected chi connectivity index (χ3v) is 0. The van der Waals surface area contributed by atoms with Gasteiger partial charge in [0.1, 0.15) is 0 Å². The van der Waals surface area contributed by atoms with E-state index in [0.29, 0.717) is 0 Å². The van der Waals surface area contributed by atoms with E-state index in [1.54, 1.807) is 0 Å². The molecule has 0 aliphatic heterocycles. The molecule has 0 aliphatic rings. The Kier molecular flexibility index (Phi) is 76.0. The van der Waals surface area contributed by atoms with Crippen LogP contribution >= 0.6 is 41.3 Å². The van der Waals surface area contributed by atoms with Gasteiger partial charge in [-0.15, -0.1) is 0 Å². The van der Waals surface area contributed by atoms with E-state index < -0.39 is 41.3 Å². The summed E-state index contributed by atoms with van der Waals surface area (Å²) in [5, 5.41) is 0. The maximum atomic E-state index is 8.48. The second kappa shape index (κ2) is 38.3. The first-order chi connectivity index (χ1) is 8.66. The van der Waals surface area contributed by atoms with E-state index >= 15 is 0 Å². The third-order valence-electron chi connectivity index (χ3n) is 0. The van der Waals surface area contributed by atoms with E-state index in [4.69, 9.17) is 71.8 Å². The van der Waals surface area contributed by atoms with Crippen LogP contribution in [0.15, 0.2) is 0 Å². The minimum absolute atomic E-state index is 0. The average Bonchev–Trinajstić information content (AvgIpc) is 1.94. The molecular formula is Nb2O15P5+5. The van der Waals surface area contributed by atoms with Gasteiger partial charge in [-0.25, -0.2) is 0 Å². The number of hydrogen-bond acceptors (Lipinski definition) is 15. The van der Waals surface area contributed by atoms with E-state index in [-0.39, 0.29) is 44.8 Å². The van der Waals surface area contributed by atoms with Crippen LogP contribution in [0.2, 0.25) is 0 Å². The molecule has 0 saturated carbocycles. The molecule has 0 rings (SSSR count). The summed E-state index contributed by atoms with van der Waals surface area (Å²) in [6.45, 7) is 0. The van der Waals surface area contributed by atoms with Crippen LogP contribution in [0.4, 0.5) is 0 Å². The van der Waals surface area contributed by atoms with E-state index in [1.807, 2.05) is 0 Å². The quantitative estimate of drug-likeness (QED) is 0.189. The first-order valence-corrected chi connectivity index (χ1v) is 8.22. The van der Waals surface area contributed by atoms with Crippen LogP contribution in [-0.2, 0) is 67.6 Å². The zero-order valence-corrected chi connectivity index (χ0v) is 18.1. The van der Waals surface area contributed by atoms with Gasteiger partial charge in [-0.1, -0.05) is 22.8 Å². The van der Waals surface area contributed by atoms with Crippen molar-refractivity contribution in [3.8, 4) is 0 Å². The van der Waals surface area contributed by atoms with Crippen molar-refractivity contribution in [1.82, 2.24) is 0 Å². The summed E-state index contributed by atoms with van der Waals surface area (Å²) in [5.41, 5.74) is 0. The van der Waals surface area contributed by atoms with Crippen molar-refractivity contribution in [2.24, 2.45) is 0 Å². The molecule has 22 heteroatoms. The molecule has 0 aromatic heterocycles. The summed E-state index contributed by atoms with van der Waals surface area (Å²) in [6, 6.07) is 0. The Hall–Kier alpha value is 1.58. The fraction of sp³-hybridized carbons (Fsp3) is 0. The summed E-state index contributed by atoms with van der Waals surface area (Å²) in [4.78, 5) is 84.8. The molecule has 0 heterocycles. The van der Waals surface area contributed by atoms with Gasteiger partial charge >= 0.3 is 44.8 Å². The van der Waals surface area contributed by atoms with Crippen LogP contribution in [0.1, 0.15) is 0 Å². The van der Waals surface area contributed by atoms with Gasteiger partial charge < -0.3 is 48.9 Å². The van der Waals surface area contributed by atoms with Gasteiger partial charge in [0.05, 0.1) is 0 Å². The van der Waals surface area contributed by atoms with Crippen molar-refractivity contribution in [3.05, 3.63) is 0 Å². The van der Waals surface area contributed by atoms with Gasteiger partial charge in [-0.2, -0.15) is 0 Å². The fourth-order valence-electron chi connectivity index (χ4n) is 0. The van der Waals surface area contributed by atoms with Crippen LogP contribution in [0.25, 0.3) is 0 Å². The molecule has 0 bridgehead atoms. The molecule has 0 spiro atoms. The van der Waals surface area contributed by atoms with Crippen molar-refractivity contribution in [2.75, 3.05) is 0 Å². The molecule has 120 valence electrons. The fourth-order valence-corrected chi connectivity index (χ4v) is 0. The Morgan fingerprint density at radius 1 is 0.318 bits per heavy atom. The third kappa shape index (κ3) is 3660. The van der Waals surface area contributed by atoms with Crippen molar-refractivity contribution in [3.63, 3.8) is 0 Å². The predicted molar refractivity (Wildman–Crippen MR) is 38.0 cm³/mol. The summed E-state index contributed by atoms with van der Waals surface area (Å²) in [5.74, 6) is 0. The molecule has 0 N–H and O–H groups in total. The van der Waals surface area contributed by atoms with Crippen LogP contribution in [0.3, 0.4) is 0 Å². The van der Waals surface area contributed by atoms with E-state index in [0.717, 1.165) is 0 Å². The summed E-state index contributed by atoms with van der Waals surface area (Å²) in [7, 11) is -16.9. The molecule has 0 saturated heterocycles. The SMILES string of the molecule is O=[P+]([O-])[O-].O=[P+]([O-])[O-].O=[P+]([O-])[O-].O=[P+]([O-])[O-].O=[P+]([O-])[O-].[Nb+5].[Nb+5]. The summed E-state index contributed by atoms with van der Waals surface area (Å²) >= 11 is 0. The molecule has 0 radical (unpaired) electrons. The van der Waals surface area contributed by atoms with Crippen LogP contribution in [-0.4, -0.2) is 0 Å². The van der Waals surface area contributed by atoms with Crippen molar-refractivity contribution >= 4 is 41.3 Å². The first kappa shape index (κ1) is 43.7. The maximum Gasteiger partial charge on any atom is 5.00 e. The van der Waals surface area contributed by atoms with Gasteiger partial charge in [-0.05, 0) is 0 Å². The van der Waals surface area contributed by atoms with Gasteiger partial charge in [0.25, 0.3) is 41.3 Å². The van der Waals surface area contributed by atoms with Gasteiger partial charge in [0, 0.05) is 0 Å². The minimum atomic E-state index is -3.37. The van der Waals surface area contributed by atoms with Crippen molar-refractivity contribution in [2.45, 2.75) is 0 Å². The van der Waals surface area contributed by atoms with Crippen molar-refractivity contribution in [1.29, 1.82) is 0 Å². The Balaban J connectivity index is -0.0000000250. The Morgan fingerprint density at radius 2 is 0.318 bits per heavy atom. The Bertz CT molecular complexity index is 211. The zero-order valence-electron chi connectivity index (χ0n) is 9.25. The molecule has 0 fully saturated rings. The first-order valence-electron chi connectivity index (χ1n) is 2.74. The van der Waals surface area contributed by atoms with Gasteiger partial charge in [0.2, 0.25) is 0 Å². The molecule has 0 amide bonds. The van der Waals surface area contributed by atoms with E-state index in [1.165, 1.54) is 0 Å². The second-order valence-electron chi connectivity index (χ2n) is 1.12. The largest absolute Gasteiger partial charge is 5.00 e. The predicted octanol–water partition coefficient (Wildman–Crippen LogP) is -8.18. The number of hydrogen-bond donors (Lipinski definition) is 0. The Morgan fingerprint density at radius 3 is 0.318 bits per heavy atom. The molecule has 0 aromatic carbocycles. The molecule has 0 aliphatic carbocycles. The number of rotatable bonds is 0. The van der Waals surface area contributed by atoms with Crippen LogP contribution in [0, 0.1) is 0 Å². The average molecular weight is 581 g/mol. The van der Waals surface area contributed by atoms with E-state index in [9.17, 15) is 0 Å². The van der Waals surface area contributed by atoms with Crippen LogP contribution < -0.4 is 48.9 Å². The molecule has 0 unspecified atom stereocenters. The minimum Gasteiger partial charge on any atom is -0.598 e. The topological polar surface area (TPSA) is 316 Å². The molecular weight excluding hydrogens is 581 g/mol. The Labute approximate surface area is 157 Å². The van der Waals surface area contributed by atoms with Crippen LogP contribution in [0.5, 0.6) is 0 Å². The zero-order chi connectivity index (χ0) is 17.9. The van der Waals surface area contributed by atoms with Gasteiger partial charge in [0.15, 0.2) is 0 Å². The van der Waals surface area contributed by atoms with E-state index in [2.05, 4.69) is 0 Å². The summed E-state index contributed by atoms with van der Waals surface area (Å²) in [6.07, 6.45) is 0. The monoisotopic (exact) mass is 581 g/mol. The second-order valence-corrected chi connectivity index (χ2v) is 3.35. The smallest absolute Gasteiger partial charge is 0.598 e. The van der Waals surface area contributed by atoms with Gasteiger partial charge in [-0.3, -0.25) is 0 Å². The molecule has 22 heavy (non-hydrogen) atoms. The summed E-state index contributed by atoms with van der Waals surface area (Å²) < 4.78 is 42.4.